The molecule has 5 nitrogen and oxygen atoms in total. The number of halogens is 1. The second-order valence-corrected chi connectivity index (χ2v) is 4.38. The molecule has 20 heavy (non-hydrogen) atoms. The highest BCUT2D eigenvalue weighted by Gasteiger charge is 2.16. The minimum Gasteiger partial charge on any atom is -0.465 e. The molecule has 0 aromatic heterocycles. The topological polar surface area (TPSA) is 67.4 Å². The van der Waals surface area contributed by atoms with Crippen molar-refractivity contribution >= 4 is 17.6 Å². The number of esters is 1. The number of benzene rings is 1. The Morgan fingerprint density at radius 1 is 1.40 bits per heavy atom. The van der Waals surface area contributed by atoms with Crippen LogP contribution in [-0.4, -0.2) is 32.1 Å². The first-order valence-corrected chi connectivity index (χ1v) is 6.39. The Bertz CT molecular complexity index is 491. The summed E-state index contributed by atoms with van der Waals surface area (Å²) < 4.78 is 17.9. The fourth-order valence-electron chi connectivity index (χ4n) is 1.59. The lowest BCUT2D eigenvalue weighted by Gasteiger charge is -2.13. The summed E-state index contributed by atoms with van der Waals surface area (Å²) in [4.78, 5) is 23.3. The van der Waals surface area contributed by atoms with Crippen molar-refractivity contribution in [3.8, 4) is 0 Å². The maximum Gasteiger partial charge on any atom is 0.340 e. The van der Waals surface area contributed by atoms with E-state index in [1.807, 2.05) is 6.92 Å². The summed E-state index contributed by atoms with van der Waals surface area (Å²) in [5.74, 6) is -1.90. The third-order valence-corrected chi connectivity index (χ3v) is 2.79. The van der Waals surface area contributed by atoms with Crippen molar-refractivity contribution in [3.63, 3.8) is 0 Å². The van der Waals surface area contributed by atoms with E-state index >= 15 is 0 Å². The molecular formula is C14H19FN2O3. The molecule has 6 heteroatoms. The molecule has 0 bridgehead atoms. The number of hydrogen-bond donors (Lipinski definition) is 2. The van der Waals surface area contributed by atoms with Crippen LogP contribution in [0.1, 0.15) is 24.2 Å². The van der Waals surface area contributed by atoms with Gasteiger partial charge in [0.2, 0.25) is 5.91 Å². The molecule has 0 aliphatic rings. The van der Waals surface area contributed by atoms with Crippen molar-refractivity contribution < 1.29 is 18.7 Å². The molecule has 0 heterocycles. The molecule has 1 amide bonds. The summed E-state index contributed by atoms with van der Waals surface area (Å²) in [5, 5.41) is 5.71. The summed E-state index contributed by atoms with van der Waals surface area (Å²) >= 11 is 0. The van der Waals surface area contributed by atoms with Gasteiger partial charge in [0.1, 0.15) is 5.82 Å². The predicted octanol–water partition coefficient (Wildman–Crippen LogP) is 1.80. The number of methoxy groups -OCH3 is 1. The normalized spacial score (nSPS) is 11.8. The van der Waals surface area contributed by atoms with Crippen LogP contribution in [0.5, 0.6) is 0 Å². The van der Waals surface area contributed by atoms with Crippen LogP contribution in [-0.2, 0) is 9.53 Å². The SMILES string of the molecule is CCNCC(C)C(=O)Nc1ccc(F)c(C(=O)OC)c1. The van der Waals surface area contributed by atoms with Crippen molar-refractivity contribution in [1.29, 1.82) is 0 Å². The third-order valence-electron chi connectivity index (χ3n) is 2.79. The number of hydrogen-bond acceptors (Lipinski definition) is 4. The number of rotatable bonds is 6. The van der Waals surface area contributed by atoms with Gasteiger partial charge in [-0.25, -0.2) is 9.18 Å². The lowest BCUT2D eigenvalue weighted by atomic mass is 10.1. The van der Waals surface area contributed by atoms with Crippen molar-refractivity contribution in [2.45, 2.75) is 13.8 Å². The summed E-state index contributed by atoms with van der Waals surface area (Å²) in [6.07, 6.45) is 0. The van der Waals surface area contributed by atoms with Crippen molar-refractivity contribution in [2.24, 2.45) is 5.92 Å². The Morgan fingerprint density at radius 2 is 2.10 bits per heavy atom. The minimum atomic E-state index is -0.778. The second kappa shape index (κ2) is 7.59. The van der Waals surface area contributed by atoms with Crippen LogP contribution >= 0.6 is 0 Å². The lowest BCUT2D eigenvalue weighted by molar-refractivity contribution is -0.119. The average molecular weight is 282 g/mol. The van der Waals surface area contributed by atoms with Gasteiger partial charge in [0.15, 0.2) is 0 Å². The monoisotopic (exact) mass is 282 g/mol. The highest BCUT2D eigenvalue weighted by atomic mass is 19.1. The van der Waals surface area contributed by atoms with Crippen LogP contribution in [0.2, 0.25) is 0 Å². The highest BCUT2D eigenvalue weighted by Crippen LogP contribution is 2.16. The van der Waals surface area contributed by atoms with Crippen LogP contribution in [0.25, 0.3) is 0 Å². The molecule has 110 valence electrons. The van der Waals surface area contributed by atoms with Crippen LogP contribution in [0.15, 0.2) is 18.2 Å². The standard InChI is InChI=1S/C14H19FN2O3/c1-4-16-8-9(2)13(18)17-10-5-6-12(15)11(7-10)14(19)20-3/h5-7,9,16H,4,8H2,1-3H3,(H,17,18). The van der Waals surface area contributed by atoms with E-state index < -0.39 is 11.8 Å². The maximum atomic E-state index is 13.4. The molecule has 1 rings (SSSR count). The summed E-state index contributed by atoms with van der Waals surface area (Å²) in [6, 6.07) is 3.79. The van der Waals surface area contributed by atoms with Gasteiger partial charge in [-0.1, -0.05) is 13.8 Å². The van der Waals surface area contributed by atoms with E-state index in [0.717, 1.165) is 12.6 Å². The lowest BCUT2D eigenvalue weighted by Crippen LogP contribution is -2.30. The highest BCUT2D eigenvalue weighted by molar-refractivity contribution is 5.95. The maximum absolute atomic E-state index is 13.4. The molecule has 0 saturated heterocycles. The number of amides is 1. The number of carbonyl (C=O) groups excluding carboxylic acids is 2. The van der Waals surface area contributed by atoms with E-state index in [1.165, 1.54) is 19.2 Å². The molecule has 0 saturated carbocycles. The zero-order chi connectivity index (χ0) is 15.1. The van der Waals surface area contributed by atoms with Gasteiger partial charge in [0.25, 0.3) is 0 Å². The van der Waals surface area contributed by atoms with Crippen molar-refractivity contribution in [1.82, 2.24) is 5.32 Å². The van der Waals surface area contributed by atoms with Gasteiger partial charge in [-0.2, -0.15) is 0 Å². The van der Waals surface area contributed by atoms with Gasteiger partial charge in [-0.3, -0.25) is 4.79 Å². The Hall–Kier alpha value is -1.95. The van der Waals surface area contributed by atoms with Gasteiger partial charge in [0, 0.05) is 18.2 Å². The van der Waals surface area contributed by atoms with Gasteiger partial charge in [-0.15, -0.1) is 0 Å². The number of carbonyl (C=O) groups is 2. The van der Waals surface area contributed by atoms with E-state index in [0.29, 0.717) is 12.2 Å². The number of nitrogens with one attached hydrogen (secondary N) is 2. The Balaban J connectivity index is 2.78. The molecule has 0 fully saturated rings. The molecular weight excluding hydrogens is 263 g/mol. The van der Waals surface area contributed by atoms with Gasteiger partial charge in [-0.05, 0) is 24.7 Å². The van der Waals surface area contributed by atoms with Crippen LogP contribution < -0.4 is 10.6 Å². The smallest absolute Gasteiger partial charge is 0.340 e. The number of ether oxygens (including phenoxy) is 1. The molecule has 2 N–H and O–H groups in total. The molecule has 1 unspecified atom stereocenters. The van der Waals surface area contributed by atoms with E-state index in [4.69, 9.17) is 0 Å². The molecule has 0 spiro atoms. The summed E-state index contributed by atoms with van der Waals surface area (Å²) in [5.41, 5.74) is 0.157. The first-order valence-electron chi connectivity index (χ1n) is 6.39. The van der Waals surface area contributed by atoms with Gasteiger partial charge >= 0.3 is 5.97 Å². The largest absolute Gasteiger partial charge is 0.465 e. The third kappa shape index (κ3) is 4.31. The molecule has 1 aromatic carbocycles. The fourth-order valence-corrected chi connectivity index (χ4v) is 1.59. The van der Waals surface area contributed by atoms with Crippen LogP contribution in [0, 0.1) is 11.7 Å². The number of anilines is 1. The molecule has 1 atom stereocenters. The van der Waals surface area contributed by atoms with E-state index in [2.05, 4.69) is 15.4 Å². The Morgan fingerprint density at radius 3 is 2.70 bits per heavy atom. The van der Waals surface area contributed by atoms with Crippen LogP contribution in [0.4, 0.5) is 10.1 Å². The minimum absolute atomic E-state index is 0.201. The first kappa shape index (κ1) is 16.1. The van der Waals surface area contributed by atoms with E-state index in [-0.39, 0.29) is 17.4 Å². The summed E-state index contributed by atoms with van der Waals surface area (Å²) in [7, 11) is 1.17. The quantitative estimate of drug-likeness (QED) is 0.781. The van der Waals surface area contributed by atoms with Crippen molar-refractivity contribution in [2.75, 3.05) is 25.5 Å². The summed E-state index contributed by atoms with van der Waals surface area (Å²) in [6.45, 7) is 5.06. The second-order valence-electron chi connectivity index (χ2n) is 4.38. The first-order chi connectivity index (χ1) is 9.49. The Labute approximate surface area is 117 Å². The predicted molar refractivity (Wildman–Crippen MR) is 74.1 cm³/mol. The van der Waals surface area contributed by atoms with E-state index in [9.17, 15) is 14.0 Å². The van der Waals surface area contributed by atoms with Gasteiger partial charge in [0.05, 0.1) is 12.7 Å². The zero-order valence-electron chi connectivity index (χ0n) is 11.8. The Kier molecular flexibility index (Phi) is 6.11. The average Bonchev–Trinajstić information content (AvgIpc) is 2.45. The molecule has 0 aliphatic heterocycles. The van der Waals surface area contributed by atoms with Crippen molar-refractivity contribution in [3.05, 3.63) is 29.6 Å². The van der Waals surface area contributed by atoms with Crippen LogP contribution in [0.3, 0.4) is 0 Å². The molecule has 1 aromatic rings. The molecule has 0 aliphatic carbocycles. The van der Waals surface area contributed by atoms with Gasteiger partial charge < -0.3 is 15.4 Å². The van der Waals surface area contributed by atoms with E-state index in [1.54, 1.807) is 6.92 Å². The molecule has 0 radical (unpaired) electrons. The fraction of sp³-hybridized carbons (Fsp3) is 0.429. The zero-order valence-corrected chi connectivity index (χ0v) is 11.8.